The second-order valence-electron chi connectivity index (χ2n) is 8.26. The number of amides is 1. The average molecular weight is 479 g/mol. The molecule has 1 aliphatic heterocycles. The van der Waals surface area contributed by atoms with Crippen molar-refractivity contribution in [2.75, 3.05) is 32.2 Å². The van der Waals surface area contributed by atoms with E-state index in [1.165, 1.54) is 5.56 Å². The van der Waals surface area contributed by atoms with Gasteiger partial charge in [0.05, 0.1) is 14.2 Å². The van der Waals surface area contributed by atoms with Crippen LogP contribution in [-0.4, -0.2) is 43.2 Å². The minimum atomic E-state index is -0.0299. The molecule has 1 fully saturated rings. The Bertz CT molecular complexity index is 1120. The van der Waals surface area contributed by atoms with Crippen molar-refractivity contribution in [1.82, 2.24) is 15.3 Å². The summed E-state index contributed by atoms with van der Waals surface area (Å²) in [5.41, 5.74) is 2.12. The zero-order valence-electron chi connectivity index (χ0n) is 19.8. The predicted octanol–water partition coefficient (Wildman–Crippen LogP) is 4.49. The summed E-state index contributed by atoms with van der Waals surface area (Å²) in [5.74, 6) is 2.39. The van der Waals surface area contributed by atoms with E-state index >= 15 is 0 Å². The van der Waals surface area contributed by atoms with Crippen LogP contribution in [0.2, 0.25) is 0 Å². The molecule has 0 unspecified atom stereocenters. The third-order valence-corrected chi connectivity index (χ3v) is 6.98. The molecule has 3 aromatic rings. The van der Waals surface area contributed by atoms with E-state index in [-0.39, 0.29) is 11.8 Å². The van der Waals surface area contributed by atoms with Gasteiger partial charge in [-0.2, -0.15) is 0 Å². The van der Waals surface area contributed by atoms with Crippen molar-refractivity contribution >= 4 is 23.5 Å². The fourth-order valence-corrected chi connectivity index (χ4v) is 4.91. The van der Waals surface area contributed by atoms with E-state index in [1.54, 1.807) is 38.4 Å². The Morgan fingerprint density at radius 1 is 1.06 bits per heavy atom. The summed E-state index contributed by atoms with van der Waals surface area (Å²) < 4.78 is 10.7. The maximum Gasteiger partial charge on any atom is 0.223 e. The highest BCUT2D eigenvalue weighted by Crippen LogP contribution is 2.34. The molecule has 1 aromatic heterocycles. The summed E-state index contributed by atoms with van der Waals surface area (Å²) in [6, 6.07) is 14.0. The van der Waals surface area contributed by atoms with Crippen LogP contribution < -0.4 is 19.7 Å². The molecule has 7 nitrogen and oxygen atoms in total. The number of hydrogen-bond donors (Lipinski definition) is 1. The molecule has 8 heteroatoms. The number of nitrogens with one attached hydrogen (secondary N) is 1. The van der Waals surface area contributed by atoms with Crippen molar-refractivity contribution in [3.8, 4) is 11.5 Å². The van der Waals surface area contributed by atoms with Gasteiger partial charge in [-0.05, 0) is 50.1 Å². The van der Waals surface area contributed by atoms with Gasteiger partial charge in [-0.1, -0.05) is 29.5 Å². The summed E-state index contributed by atoms with van der Waals surface area (Å²) in [6.07, 6.45) is 5.00. The van der Waals surface area contributed by atoms with Crippen molar-refractivity contribution in [3.63, 3.8) is 0 Å². The number of carbonyl (C=O) groups excluding carboxylic acids is 1. The van der Waals surface area contributed by atoms with Gasteiger partial charge in [0, 0.05) is 48.4 Å². The number of piperidine rings is 1. The van der Waals surface area contributed by atoms with E-state index in [0.717, 1.165) is 58.7 Å². The summed E-state index contributed by atoms with van der Waals surface area (Å²) >= 11 is 1.62. The molecule has 0 atom stereocenters. The van der Waals surface area contributed by atoms with Gasteiger partial charge in [0.25, 0.3) is 0 Å². The minimum Gasteiger partial charge on any atom is -0.497 e. The lowest BCUT2D eigenvalue weighted by molar-refractivity contribution is -0.125. The van der Waals surface area contributed by atoms with Crippen LogP contribution in [0.1, 0.15) is 24.0 Å². The van der Waals surface area contributed by atoms with Crippen molar-refractivity contribution in [2.45, 2.75) is 36.2 Å². The Morgan fingerprint density at radius 3 is 2.50 bits per heavy atom. The number of aryl methyl sites for hydroxylation is 1. The van der Waals surface area contributed by atoms with Crippen molar-refractivity contribution < 1.29 is 14.3 Å². The van der Waals surface area contributed by atoms with Crippen LogP contribution >= 0.6 is 11.8 Å². The first-order valence-electron chi connectivity index (χ1n) is 11.4. The van der Waals surface area contributed by atoms with Crippen molar-refractivity contribution in [1.29, 1.82) is 0 Å². The topological polar surface area (TPSA) is 76.6 Å². The Hall–Kier alpha value is -3.26. The molecule has 2 aromatic carbocycles. The molecule has 4 rings (SSSR count). The molecule has 1 amide bonds. The number of hydrogen-bond acceptors (Lipinski definition) is 7. The van der Waals surface area contributed by atoms with Gasteiger partial charge >= 0.3 is 0 Å². The Morgan fingerprint density at radius 2 is 1.79 bits per heavy atom. The molecule has 0 aliphatic carbocycles. The normalized spacial score (nSPS) is 14.0. The molecule has 0 saturated carbocycles. The summed E-state index contributed by atoms with van der Waals surface area (Å²) in [4.78, 5) is 25.4. The number of carbonyl (C=O) groups is 1. The first-order valence-corrected chi connectivity index (χ1v) is 12.2. The largest absolute Gasteiger partial charge is 0.497 e. The lowest BCUT2D eigenvalue weighted by Crippen LogP contribution is -2.41. The number of aromatic nitrogens is 2. The summed E-state index contributed by atoms with van der Waals surface area (Å²) in [7, 11) is 3.25. The van der Waals surface area contributed by atoms with E-state index < -0.39 is 0 Å². The second kappa shape index (κ2) is 11.2. The van der Waals surface area contributed by atoms with Crippen LogP contribution in [-0.2, 0) is 11.3 Å². The maximum absolute atomic E-state index is 12.9. The second-order valence-corrected chi connectivity index (χ2v) is 9.32. The van der Waals surface area contributed by atoms with Crippen LogP contribution in [0.5, 0.6) is 11.5 Å². The monoisotopic (exact) mass is 478 g/mol. The Kier molecular flexibility index (Phi) is 7.90. The van der Waals surface area contributed by atoms with Crippen LogP contribution in [0, 0.1) is 12.8 Å². The highest BCUT2D eigenvalue weighted by molar-refractivity contribution is 7.99. The molecule has 0 radical (unpaired) electrons. The number of anilines is 1. The van der Waals surface area contributed by atoms with E-state index in [4.69, 9.17) is 9.47 Å². The molecule has 0 bridgehead atoms. The molecule has 0 spiro atoms. The molecule has 34 heavy (non-hydrogen) atoms. The number of benzene rings is 2. The summed E-state index contributed by atoms with van der Waals surface area (Å²) in [6.45, 7) is 4.01. The van der Waals surface area contributed by atoms with Crippen LogP contribution in [0.3, 0.4) is 0 Å². The van der Waals surface area contributed by atoms with Gasteiger partial charge in [0.15, 0.2) is 5.82 Å². The first-order chi connectivity index (χ1) is 16.6. The molecule has 2 heterocycles. The number of rotatable bonds is 8. The van der Waals surface area contributed by atoms with Gasteiger partial charge < -0.3 is 19.7 Å². The Balaban J connectivity index is 1.35. The number of nitrogens with zero attached hydrogens (tertiary/aromatic N) is 3. The van der Waals surface area contributed by atoms with Crippen LogP contribution in [0.25, 0.3) is 0 Å². The van der Waals surface area contributed by atoms with Gasteiger partial charge in [0.1, 0.15) is 16.5 Å². The highest BCUT2D eigenvalue weighted by atomic mass is 32.2. The van der Waals surface area contributed by atoms with Crippen molar-refractivity contribution in [3.05, 3.63) is 66.0 Å². The molecule has 1 saturated heterocycles. The zero-order chi connectivity index (χ0) is 23.9. The van der Waals surface area contributed by atoms with E-state index in [2.05, 4.69) is 51.4 Å². The van der Waals surface area contributed by atoms with Crippen LogP contribution in [0.15, 0.2) is 64.8 Å². The fraction of sp³-hybridized carbons (Fsp3) is 0.346. The molecule has 1 N–H and O–H groups in total. The summed E-state index contributed by atoms with van der Waals surface area (Å²) in [5, 5.41) is 3.96. The predicted molar refractivity (Wildman–Crippen MR) is 134 cm³/mol. The standard InChI is InChI=1S/C26H30N4O3S/c1-18-4-7-22(8-5-18)34-26-24(27-12-13-28-26)30-14-10-19(11-15-30)25(31)29-17-20-16-21(32-2)6-9-23(20)33-3/h4-9,12-13,16,19H,10-11,14-15,17H2,1-3H3,(H,29,31). The lowest BCUT2D eigenvalue weighted by Gasteiger charge is -2.32. The number of ether oxygens (including phenoxy) is 2. The smallest absolute Gasteiger partial charge is 0.223 e. The third-order valence-electron chi connectivity index (χ3n) is 5.99. The first kappa shape index (κ1) is 23.9. The molecule has 178 valence electrons. The van der Waals surface area contributed by atoms with E-state index in [9.17, 15) is 4.79 Å². The molecular weight excluding hydrogens is 448 g/mol. The lowest BCUT2D eigenvalue weighted by atomic mass is 9.96. The Labute approximate surface area is 204 Å². The van der Waals surface area contributed by atoms with Gasteiger partial charge in [0.2, 0.25) is 5.91 Å². The molecule has 1 aliphatic rings. The SMILES string of the molecule is COc1ccc(OC)c(CNC(=O)C2CCN(c3nccnc3Sc3ccc(C)cc3)CC2)c1. The maximum atomic E-state index is 12.9. The minimum absolute atomic E-state index is 0.0299. The van der Waals surface area contributed by atoms with Gasteiger partial charge in [-0.25, -0.2) is 9.97 Å². The van der Waals surface area contributed by atoms with E-state index in [1.807, 2.05) is 18.2 Å². The third kappa shape index (κ3) is 5.80. The highest BCUT2D eigenvalue weighted by Gasteiger charge is 2.27. The van der Waals surface area contributed by atoms with Crippen molar-refractivity contribution in [2.24, 2.45) is 5.92 Å². The van der Waals surface area contributed by atoms with E-state index in [0.29, 0.717) is 6.54 Å². The zero-order valence-corrected chi connectivity index (χ0v) is 20.6. The van der Waals surface area contributed by atoms with Gasteiger partial charge in [-0.15, -0.1) is 0 Å². The number of methoxy groups -OCH3 is 2. The van der Waals surface area contributed by atoms with Crippen LogP contribution in [0.4, 0.5) is 5.82 Å². The fourth-order valence-electron chi connectivity index (χ4n) is 4.02. The van der Waals surface area contributed by atoms with Gasteiger partial charge in [-0.3, -0.25) is 4.79 Å². The molecular formula is C26H30N4O3S. The average Bonchev–Trinajstić information content (AvgIpc) is 2.89. The quantitative estimate of drug-likeness (QED) is 0.511.